The largest absolute Gasteiger partial charge is 0.393 e. The summed E-state index contributed by atoms with van der Waals surface area (Å²) >= 11 is 0. The first-order valence-electron chi connectivity index (χ1n) is 4.93. The lowest BCUT2D eigenvalue weighted by molar-refractivity contribution is 0.0873. The van der Waals surface area contributed by atoms with E-state index in [-0.39, 0.29) is 6.10 Å². The quantitative estimate of drug-likeness (QED) is 0.528. The van der Waals surface area contributed by atoms with Crippen LogP contribution in [0.25, 0.3) is 0 Å². The molecule has 0 saturated carbocycles. The number of rotatable bonds is 4. The Bertz CT molecular complexity index is 305. The molecule has 14 heavy (non-hydrogen) atoms. The van der Waals surface area contributed by atoms with Crippen LogP contribution >= 0.6 is 0 Å². The number of benzene rings is 1. The molecular weight excluding hydrogens is 174 g/mol. The first kappa shape index (κ1) is 10.8. The standard InChI is InChI=1S/C12H16NO/c1-4-11-7-5-6-8-12(11)9-13-14-10(2)3/h5-8,10H,4H2,1-3H3. The van der Waals surface area contributed by atoms with E-state index in [0.717, 1.165) is 12.0 Å². The van der Waals surface area contributed by atoms with E-state index in [1.165, 1.54) is 5.56 Å². The van der Waals surface area contributed by atoms with Crippen LogP contribution < -0.4 is 0 Å². The molecule has 0 fully saturated rings. The Labute approximate surface area is 85.6 Å². The van der Waals surface area contributed by atoms with Gasteiger partial charge in [-0.1, -0.05) is 36.3 Å². The molecule has 0 aliphatic heterocycles. The molecule has 1 radical (unpaired) electrons. The van der Waals surface area contributed by atoms with Crippen LogP contribution in [0.15, 0.2) is 29.4 Å². The smallest absolute Gasteiger partial charge is 0.139 e. The zero-order valence-electron chi connectivity index (χ0n) is 8.95. The van der Waals surface area contributed by atoms with E-state index in [4.69, 9.17) is 4.84 Å². The highest BCUT2D eigenvalue weighted by molar-refractivity contribution is 5.81. The van der Waals surface area contributed by atoms with Gasteiger partial charge in [-0.2, -0.15) is 0 Å². The molecule has 0 bridgehead atoms. The molecule has 0 heterocycles. The lowest BCUT2D eigenvalue weighted by Crippen LogP contribution is -1.97. The summed E-state index contributed by atoms with van der Waals surface area (Å²) in [5.74, 6) is 0. The maximum atomic E-state index is 5.06. The van der Waals surface area contributed by atoms with Crippen molar-refractivity contribution in [2.24, 2.45) is 5.16 Å². The minimum Gasteiger partial charge on any atom is -0.393 e. The van der Waals surface area contributed by atoms with Crippen molar-refractivity contribution in [1.29, 1.82) is 0 Å². The molecule has 0 aliphatic rings. The van der Waals surface area contributed by atoms with Gasteiger partial charge in [-0.15, -0.1) is 0 Å². The van der Waals surface area contributed by atoms with Gasteiger partial charge in [-0.3, -0.25) is 0 Å². The first-order valence-corrected chi connectivity index (χ1v) is 4.93. The molecule has 0 saturated heterocycles. The average molecular weight is 190 g/mol. The van der Waals surface area contributed by atoms with Crippen molar-refractivity contribution in [2.45, 2.75) is 33.3 Å². The summed E-state index contributed by atoms with van der Waals surface area (Å²) in [4.78, 5) is 5.06. The number of aryl methyl sites for hydroxylation is 1. The summed E-state index contributed by atoms with van der Waals surface area (Å²) in [6, 6.07) is 8.07. The van der Waals surface area contributed by atoms with Gasteiger partial charge < -0.3 is 4.84 Å². The molecule has 1 aromatic rings. The molecule has 1 rings (SSSR count). The predicted octanol–water partition coefficient (Wildman–Crippen LogP) is 2.88. The van der Waals surface area contributed by atoms with Gasteiger partial charge in [0.05, 0.1) is 0 Å². The van der Waals surface area contributed by atoms with Gasteiger partial charge >= 0.3 is 0 Å². The fourth-order valence-corrected chi connectivity index (χ4v) is 1.12. The van der Waals surface area contributed by atoms with E-state index in [0.29, 0.717) is 0 Å². The van der Waals surface area contributed by atoms with Crippen LogP contribution in [0.2, 0.25) is 0 Å². The normalized spacial score (nSPS) is 11.1. The third-order valence-corrected chi connectivity index (χ3v) is 1.83. The lowest BCUT2D eigenvalue weighted by atomic mass is 10.1. The summed E-state index contributed by atoms with van der Waals surface area (Å²) < 4.78 is 0. The second-order valence-electron chi connectivity index (χ2n) is 3.37. The maximum absolute atomic E-state index is 5.06. The van der Waals surface area contributed by atoms with E-state index in [9.17, 15) is 0 Å². The van der Waals surface area contributed by atoms with Gasteiger partial charge in [-0.05, 0) is 25.8 Å². The molecule has 0 spiro atoms. The van der Waals surface area contributed by atoms with Gasteiger partial charge in [0.25, 0.3) is 0 Å². The van der Waals surface area contributed by atoms with E-state index < -0.39 is 0 Å². The van der Waals surface area contributed by atoms with Crippen molar-refractivity contribution in [2.75, 3.05) is 0 Å². The lowest BCUT2D eigenvalue weighted by Gasteiger charge is -2.02. The summed E-state index contributed by atoms with van der Waals surface area (Å²) in [5, 5.41) is 3.80. The van der Waals surface area contributed by atoms with Crippen molar-refractivity contribution in [3.63, 3.8) is 0 Å². The molecule has 75 valence electrons. The third-order valence-electron chi connectivity index (χ3n) is 1.83. The van der Waals surface area contributed by atoms with Crippen molar-refractivity contribution in [3.05, 3.63) is 35.4 Å². The third kappa shape index (κ3) is 3.21. The van der Waals surface area contributed by atoms with Crippen LogP contribution in [0.3, 0.4) is 0 Å². The highest BCUT2D eigenvalue weighted by atomic mass is 16.6. The van der Waals surface area contributed by atoms with E-state index in [2.05, 4.69) is 24.4 Å². The van der Waals surface area contributed by atoms with Gasteiger partial charge in [0.1, 0.15) is 12.3 Å². The molecular formula is C12H16NO. The average Bonchev–Trinajstić information content (AvgIpc) is 2.18. The van der Waals surface area contributed by atoms with Crippen LogP contribution in [0, 0.1) is 0 Å². The SMILES string of the molecule is CCc1ccccc1/[C]=N/OC(C)C. The molecule has 0 aromatic heterocycles. The minimum absolute atomic E-state index is 0.108. The highest BCUT2D eigenvalue weighted by Gasteiger charge is 1.97. The Morgan fingerprint density at radius 3 is 2.71 bits per heavy atom. The van der Waals surface area contributed by atoms with Crippen LogP contribution in [0.5, 0.6) is 0 Å². The van der Waals surface area contributed by atoms with Gasteiger partial charge in [0.2, 0.25) is 0 Å². The molecule has 0 N–H and O–H groups in total. The topological polar surface area (TPSA) is 21.6 Å². The molecule has 0 atom stereocenters. The molecule has 0 amide bonds. The van der Waals surface area contributed by atoms with Crippen molar-refractivity contribution < 1.29 is 4.84 Å². The monoisotopic (exact) mass is 190 g/mol. The van der Waals surface area contributed by atoms with E-state index in [1.54, 1.807) is 0 Å². The molecule has 0 unspecified atom stereocenters. The number of hydrogen-bond acceptors (Lipinski definition) is 2. The zero-order valence-corrected chi connectivity index (χ0v) is 8.95. The van der Waals surface area contributed by atoms with E-state index >= 15 is 0 Å². The second-order valence-corrected chi connectivity index (χ2v) is 3.37. The Morgan fingerprint density at radius 2 is 2.07 bits per heavy atom. The number of hydrogen-bond donors (Lipinski definition) is 0. The Hall–Kier alpha value is -1.31. The van der Waals surface area contributed by atoms with Gasteiger partial charge in [-0.25, -0.2) is 0 Å². The van der Waals surface area contributed by atoms with Crippen LogP contribution in [-0.2, 0) is 11.3 Å². The predicted molar refractivity (Wildman–Crippen MR) is 58.6 cm³/mol. The Balaban J connectivity index is 2.70. The fourth-order valence-electron chi connectivity index (χ4n) is 1.12. The van der Waals surface area contributed by atoms with Crippen molar-refractivity contribution in [3.8, 4) is 0 Å². The van der Waals surface area contributed by atoms with Crippen LogP contribution in [0.1, 0.15) is 31.9 Å². The zero-order chi connectivity index (χ0) is 10.4. The number of nitrogens with zero attached hydrogens (tertiary/aromatic N) is 1. The summed E-state index contributed by atoms with van der Waals surface area (Å²) in [6.45, 7) is 6.00. The van der Waals surface area contributed by atoms with Gasteiger partial charge in [0, 0.05) is 5.56 Å². The van der Waals surface area contributed by atoms with E-state index in [1.807, 2.05) is 32.0 Å². The first-order chi connectivity index (χ1) is 6.74. The summed E-state index contributed by atoms with van der Waals surface area (Å²) in [7, 11) is 0. The Morgan fingerprint density at radius 1 is 1.36 bits per heavy atom. The summed E-state index contributed by atoms with van der Waals surface area (Å²) in [5.41, 5.74) is 2.25. The van der Waals surface area contributed by atoms with Gasteiger partial charge in [0.15, 0.2) is 0 Å². The molecule has 2 nitrogen and oxygen atoms in total. The van der Waals surface area contributed by atoms with Crippen molar-refractivity contribution in [1.82, 2.24) is 0 Å². The second kappa shape index (κ2) is 5.43. The summed E-state index contributed by atoms with van der Waals surface area (Å²) in [6.07, 6.45) is 3.99. The van der Waals surface area contributed by atoms with Crippen LogP contribution in [-0.4, -0.2) is 12.3 Å². The molecule has 2 heteroatoms. The maximum Gasteiger partial charge on any atom is 0.139 e. The fraction of sp³-hybridized carbons (Fsp3) is 0.417. The Kier molecular flexibility index (Phi) is 4.17. The molecule has 1 aromatic carbocycles. The van der Waals surface area contributed by atoms with Crippen molar-refractivity contribution >= 4 is 6.21 Å². The highest BCUT2D eigenvalue weighted by Crippen LogP contribution is 2.06. The minimum atomic E-state index is 0.108. The van der Waals surface area contributed by atoms with Crippen LogP contribution in [0.4, 0.5) is 0 Å². The molecule has 0 aliphatic carbocycles.